The molecule has 0 radical (unpaired) electrons. The molecule has 0 aliphatic rings. The van der Waals surface area contributed by atoms with Gasteiger partial charge in [-0.25, -0.2) is 4.39 Å². The number of hydrogen-bond acceptors (Lipinski definition) is 1. The molecule has 0 fully saturated rings. The number of hydrogen-bond donors (Lipinski definition) is 1. The van der Waals surface area contributed by atoms with Crippen molar-refractivity contribution >= 4 is 0 Å². The van der Waals surface area contributed by atoms with Crippen LogP contribution in [0.5, 0.6) is 0 Å². The van der Waals surface area contributed by atoms with E-state index in [9.17, 15) is 17.6 Å². The molecular formula is C16H21F4N. The van der Waals surface area contributed by atoms with Gasteiger partial charge in [0.15, 0.2) is 0 Å². The maximum Gasteiger partial charge on any atom is 0.416 e. The van der Waals surface area contributed by atoms with Crippen LogP contribution < -0.4 is 5.32 Å². The molecule has 1 aromatic carbocycles. The van der Waals surface area contributed by atoms with Crippen molar-refractivity contribution in [2.75, 3.05) is 6.54 Å². The third-order valence-electron chi connectivity index (χ3n) is 3.33. The predicted molar refractivity (Wildman–Crippen MR) is 76.5 cm³/mol. The third kappa shape index (κ3) is 5.16. The molecule has 21 heavy (non-hydrogen) atoms. The summed E-state index contributed by atoms with van der Waals surface area (Å²) in [5.74, 6) is -0.664. The van der Waals surface area contributed by atoms with E-state index >= 15 is 0 Å². The lowest BCUT2D eigenvalue weighted by Crippen LogP contribution is -2.25. The summed E-state index contributed by atoms with van der Waals surface area (Å²) in [4.78, 5) is 0. The number of alkyl halides is 3. The van der Waals surface area contributed by atoms with Gasteiger partial charge in [0.1, 0.15) is 5.82 Å². The summed E-state index contributed by atoms with van der Waals surface area (Å²) in [7, 11) is 0. The third-order valence-corrected chi connectivity index (χ3v) is 3.33. The Morgan fingerprint density at radius 2 is 1.95 bits per heavy atom. The van der Waals surface area contributed by atoms with E-state index in [0.29, 0.717) is 19.4 Å². The fraction of sp³-hybridized carbons (Fsp3) is 0.500. The molecule has 1 unspecified atom stereocenters. The zero-order chi connectivity index (χ0) is 16.0. The van der Waals surface area contributed by atoms with Crippen molar-refractivity contribution in [1.82, 2.24) is 5.32 Å². The number of nitrogens with one attached hydrogen (secondary N) is 1. The average Bonchev–Trinajstić information content (AvgIpc) is 2.41. The number of halogens is 4. The zero-order valence-electron chi connectivity index (χ0n) is 12.4. The van der Waals surface area contributed by atoms with Crippen LogP contribution in [0.25, 0.3) is 0 Å². The van der Waals surface area contributed by atoms with E-state index < -0.39 is 23.6 Å². The molecular weight excluding hydrogens is 282 g/mol. The lowest BCUT2D eigenvalue weighted by Gasteiger charge is -2.23. The Morgan fingerprint density at radius 1 is 1.29 bits per heavy atom. The van der Waals surface area contributed by atoms with Gasteiger partial charge in [-0.2, -0.15) is 13.2 Å². The maximum absolute atomic E-state index is 13.4. The minimum atomic E-state index is -4.50. The van der Waals surface area contributed by atoms with Crippen molar-refractivity contribution in [2.24, 2.45) is 0 Å². The molecule has 0 bridgehead atoms. The molecule has 0 amide bonds. The SMILES string of the molecule is C=C(CC)CC(NCCC)c1cc(F)ccc1C(F)(F)F. The monoisotopic (exact) mass is 303 g/mol. The van der Waals surface area contributed by atoms with Crippen molar-refractivity contribution in [1.29, 1.82) is 0 Å². The summed E-state index contributed by atoms with van der Waals surface area (Å²) in [5.41, 5.74) is -0.00653. The first-order valence-electron chi connectivity index (χ1n) is 7.06. The summed E-state index contributed by atoms with van der Waals surface area (Å²) in [6.45, 7) is 8.23. The molecule has 1 rings (SSSR count). The Balaban J connectivity index is 3.21. The molecule has 1 nitrogen and oxygen atoms in total. The fourth-order valence-corrected chi connectivity index (χ4v) is 2.12. The van der Waals surface area contributed by atoms with E-state index in [1.807, 2.05) is 13.8 Å². The van der Waals surface area contributed by atoms with Crippen LogP contribution in [0.1, 0.15) is 50.3 Å². The zero-order valence-corrected chi connectivity index (χ0v) is 12.4. The van der Waals surface area contributed by atoms with Gasteiger partial charge in [0.25, 0.3) is 0 Å². The summed E-state index contributed by atoms with van der Waals surface area (Å²) in [6, 6.07) is 2.04. The van der Waals surface area contributed by atoms with Crippen LogP contribution in [0.4, 0.5) is 17.6 Å². The molecule has 5 heteroatoms. The predicted octanol–water partition coefficient (Wildman–Crippen LogP) is 5.24. The largest absolute Gasteiger partial charge is 0.416 e. The average molecular weight is 303 g/mol. The molecule has 0 aliphatic carbocycles. The molecule has 1 aromatic rings. The van der Waals surface area contributed by atoms with Crippen LogP contribution in [0, 0.1) is 5.82 Å². The van der Waals surface area contributed by atoms with Crippen LogP contribution in [0.2, 0.25) is 0 Å². The fourth-order valence-electron chi connectivity index (χ4n) is 2.12. The van der Waals surface area contributed by atoms with Gasteiger partial charge in [-0.15, -0.1) is 0 Å². The lowest BCUT2D eigenvalue weighted by molar-refractivity contribution is -0.138. The molecule has 1 N–H and O–H groups in total. The second-order valence-electron chi connectivity index (χ2n) is 5.04. The molecule has 118 valence electrons. The van der Waals surface area contributed by atoms with Crippen molar-refractivity contribution in [2.45, 2.75) is 45.3 Å². The number of rotatable bonds is 7. The van der Waals surface area contributed by atoms with Crippen LogP contribution in [-0.4, -0.2) is 6.54 Å². The second kappa shape index (κ2) is 7.59. The van der Waals surface area contributed by atoms with Crippen LogP contribution in [0.3, 0.4) is 0 Å². The van der Waals surface area contributed by atoms with Gasteiger partial charge in [0.2, 0.25) is 0 Å². The maximum atomic E-state index is 13.4. The van der Waals surface area contributed by atoms with Crippen LogP contribution in [-0.2, 0) is 6.18 Å². The summed E-state index contributed by atoms with van der Waals surface area (Å²) < 4.78 is 52.7. The normalized spacial score (nSPS) is 13.2. The summed E-state index contributed by atoms with van der Waals surface area (Å²) in [5, 5.41) is 3.06. The van der Waals surface area contributed by atoms with Gasteiger partial charge in [0, 0.05) is 6.04 Å². The minimum absolute atomic E-state index is 0.0504. The number of benzene rings is 1. The highest BCUT2D eigenvalue weighted by Gasteiger charge is 2.35. The van der Waals surface area contributed by atoms with E-state index in [4.69, 9.17) is 0 Å². The highest BCUT2D eigenvalue weighted by atomic mass is 19.4. The first kappa shape index (κ1) is 17.7. The first-order chi connectivity index (χ1) is 9.79. The lowest BCUT2D eigenvalue weighted by atomic mass is 9.93. The highest BCUT2D eigenvalue weighted by Crippen LogP contribution is 2.36. The van der Waals surface area contributed by atoms with Crippen molar-refractivity contribution in [3.8, 4) is 0 Å². The van der Waals surface area contributed by atoms with Crippen molar-refractivity contribution in [3.63, 3.8) is 0 Å². The van der Waals surface area contributed by atoms with E-state index in [-0.39, 0.29) is 5.56 Å². The molecule has 0 saturated heterocycles. The molecule has 0 spiro atoms. The Labute approximate surface area is 123 Å². The Morgan fingerprint density at radius 3 is 2.48 bits per heavy atom. The van der Waals surface area contributed by atoms with Crippen molar-refractivity contribution < 1.29 is 17.6 Å². The van der Waals surface area contributed by atoms with Gasteiger partial charge >= 0.3 is 6.18 Å². The molecule has 0 heterocycles. The van der Waals surface area contributed by atoms with Crippen LogP contribution in [0.15, 0.2) is 30.4 Å². The minimum Gasteiger partial charge on any atom is -0.310 e. The molecule has 0 saturated carbocycles. The van der Waals surface area contributed by atoms with Gasteiger partial charge in [0.05, 0.1) is 5.56 Å². The van der Waals surface area contributed by atoms with Gasteiger partial charge in [-0.3, -0.25) is 0 Å². The topological polar surface area (TPSA) is 12.0 Å². The van der Waals surface area contributed by atoms with Crippen LogP contribution >= 0.6 is 0 Å². The van der Waals surface area contributed by atoms with Gasteiger partial charge in [-0.05, 0) is 49.6 Å². The molecule has 1 atom stereocenters. The first-order valence-corrected chi connectivity index (χ1v) is 7.06. The Hall–Kier alpha value is -1.36. The molecule has 0 aliphatic heterocycles. The van der Waals surface area contributed by atoms with Gasteiger partial charge in [-0.1, -0.05) is 26.0 Å². The molecule has 0 aromatic heterocycles. The second-order valence-corrected chi connectivity index (χ2v) is 5.04. The highest BCUT2D eigenvalue weighted by molar-refractivity contribution is 5.34. The van der Waals surface area contributed by atoms with E-state index in [1.165, 1.54) is 0 Å². The van der Waals surface area contributed by atoms with Crippen molar-refractivity contribution in [3.05, 3.63) is 47.3 Å². The Bertz CT molecular complexity index is 480. The van der Waals surface area contributed by atoms with E-state index in [0.717, 1.165) is 30.2 Å². The van der Waals surface area contributed by atoms with E-state index in [2.05, 4.69) is 11.9 Å². The quantitative estimate of drug-likeness (QED) is 0.536. The smallest absolute Gasteiger partial charge is 0.310 e. The van der Waals surface area contributed by atoms with E-state index in [1.54, 1.807) is 0 Å². The summed E-state index contributed by atoms with van der Waals surface area (Å²) in [6.07, 6.45) is -2.67. The standard InChI is InChI=1S/C16H21F4N/c1-4-8-21-15(9-11(3)5-2)13-10-12(17)6-7-14(13)16(18,19)20/h6-7,10,15,21H,3-5,8-9H2,1-2H3. The Kier molecular flexibility index (Phi) is 6.40. The summed E-state index contributed by atoms with van der Waals surface area (Å²) >= 11 is 0. The van der Waals surface area contributed by atoms with Gasteiger partial charge < -0.3 is 5.32 Å².